The van der Waals surface area contributed by atoms with E-state index in [1.165, 1.54) is 0 Å². The van der Waals surface area contributed by atoms with E-state index in [2.05, 4.69) is 15.5 Å². The van der Waals surface area contributed by atoms with Crippen LogP contribution in [0.5, 0.6) is 17.2 Å². The minimum absolute atomic E-state index is 0.0344. The van der Waals surface area contributed by atoms with Gasteiger partial charge in [0.2, 0.25) is 5.75 Å². The smallest absolute Gasteiger partial charge is 0.270 e. The molecule has 1 aliphatic heterocycles. The lowest BCUT2D eigenvalue weighted by molar-refractivity contribution is -0.116. The molecule has 3 N–H and O–H groups in total. The molecule has 0 unspecified atom stereocenters. The zero-order valence-electron chi connectivity index (χ0n) is 18.8. The monoisotopic (exact) mass is 451 g/mol. The summed E-state index contributed by atoms with van der Waals surface area (Å²) in [6.07, 6.45) is 0.857. The minimum atomic E-state index is -0.562. The van der Waals surface area contributed by atoms with Crippen LogP contribution in [0.25, 0.3) is 0 Å². The number of benzene rings is 1. The predicted octanol–water partition coefficient (Wildman–Crippen LogP) is 3.59. The van der Waals surface area contributed by atoms with Crippen LogP contribution < -0.4 is 25.1 Å². The summed E-state index contributed by atoms with van der Waals surface area (Å²) in [6.45, 7) is 1.84. The topological polar surface area (TPSA) is 119 Å². The van der Waals surface area contributed by atoms with Gasteiger partial charge in [-0.3, -0.25) is 19.8 Å². The first kappa shape index (κ1) is 21.0. The van der Waals surface area contributed by atoms with Crippen molar-refractivity contribution in [2.45, 2.75) is 31.6 Å². The molecule has 2 aliphatic rings. The van der Waals surface area contributed by atoms with Crippen LogP contribution in [0.15, 0.2) is 44.7 Å². The van der Waals surface area contributed by atoms with E-state index < -0.39 is 5.92 Å². The standard InChI is InChI=1S/C24H25N3O6/c1-11-5-6-16(33-11)20-19-14(25-23-21(20)24(29)27-26-23)7-12(8-15(19)28)13-9-17(30-2)22(32-4)18(10-13)31-3/h5-6,9-10,12,20H,7-8H2,1-4H3,(H3,25,26,27,29)/t12-,20-/m1/s1. The maximum atomic E-state index is 13.5. The molecule has 0 spiro atoms. The van der Waals surface area contributed by atoms with Gasteiger partial charge >= 0.3 is 0 Å². The molecule has 33 heavy (non-hydrogen) atoms. The summed E-state index contributed by atoms with van der Waals surface area (Å²) in [5.41, 5.74) is 2.44. The van der Waals surface area contributed by atoms with E-state index in [1.807, 2.05) is 31.2 Å². The van der Waals surface area contributed by atoms with Gasteiger partial charge in [0.05, 0.1) is 32.8 Å². The number of hydrogen-bond donors (Lipinski definition) is 3. The van der Waals surface area contributed by atoms with Crippen LogP contribution in [0.3, 0.4) is 0 Å². The molecule has 9 nitrogen and oxygen atoms in total. The Balaban J connectivity index is 1.59. The second-order valence-corrected chi connectivity index (χ2v) is 8.25. The fourth-order valence-electron chi connectivity index (χ4n) is 4.89. The summed E-state index contributed by atoms with van der Waals surface area (Å²) < 4.78 is 22.3. The zero-order valence-corrected chi connectivity index (χ0v) is 18.8. The molecule has 0 saturated carbocycles. The van der Waals surface area contributed by atoms with Gasteiger partial charge in [-0.1, -0.05) is 0 Å². The molecule has 0 fully saturated rings. The first-order chi connectivity index (χ1) is 15.9. The van der Waals surface area contributed by atoms with Crippen molar-refractivity contribution in [3.05, 3.63) is 68.5 Å². The molecule has 1 aliphatic carbocycles. The molecule has 9 heteroatoms. The molecule has 1 aromatic carbocycles. The van der Waals surface area contributed by atoms with Crippen molar-refractivity contribution < 1.29 is 23.4 Å². The number of nitrogens with one attached hydrogen (secondary N) is 3. The summed E-state index contributed by atoms with van der Waals surface area (Å²) in [5.74, 6) is 2.73. The van der Waals surface area contributed by atoms with E-state index in [0.29, 0.717) is 46.4 Å². The minimum Gasteiger partial charge on any atom is -0.493 e. The number of aromatic amines is 2. The third-order valence-electron chi connectivity index (χ3n) is 6.38. The maximum Gasteiger partial charge on any atom is 0.270 e. The number of hydrogen-bond acceptors (Lipinski definition) is 7. The van der Waals surface area contributed by atoms with Gasteiger partial charge in [0.25, 0.3) is 5.56 Å². The second-order valence-electron chi connectivity index (χ2n) is 8.25. The average molecular weight is 451 g/mol. The summed E-state index contributed by atoms with van der Waals surface area (Å²) in [6, 6.07) is 7.42. The van der Waals surface area contributed by atoms with Crippen LogP contribution in [0.4, 0.5) is 5.82 Å². The molecular formula is C24H25N3O6. The van der Waals surface area contributed by atoms with Gasteiger partial charge in [0.1, 0.15) is 17.3 Å². The van der Waals surface area contributed by atoms with Crippen molar-refractivity contribution in [2.75, 3.05) is 26.6 Å². The zero-order chi connectivity index (χ0) is 23.3. The van der Waals surface area contributed by atoms with E-state index in [0.717, 1.165) is 17.0 Å². The predicted molar refractivity (Wildman–Crippen MR) is 120 cm³/mol. The van der Waals surface area contributed by atoms with Crippen molar-refractivity contribution in [1.82, 2.24) is 10.2 Å². The van der Waals surface area contributed by atoms with E-state index in [9.17, 15) is 9.59 Å². The number of H-pyrrole nitrogens is 2. The van der Waals surface area contributed by atoms with Gasteiger partial charge in [-0.25, -0.2) is 0 Å². The average Bonchev–Trinajstić information content (AvgIpc) is 3.41. The maximum absolute atomic E-state index is 13.5. The van der Waals surface area contributed by atoms with Crippen LogP contribution in [0.1, 0.15) is 47.3 Å². The number of ether oxygens (including phenoxy) is 3. The highest BCUT2D eigenvalue weighted by molar-refractivity contribution is 6.01. The van der Waals surface area contributed by atoms with Crippen LogP contribution in [0.2, 0.25) is 0 Å². The Morgan fingerprint density at radius 1 is 0.970 bits per heavy atom. The van der Waals surface area contributed by atoms with Crippen molar-refractivity contribution in [2.24, 2.45) is 0 Å². The highest BCUT2D eigenvalue weighted by atomic mass is 16.5. The van der Waals surface area contributed by atoms with Gasteiger partial charge in [0, 0.05) is 17.7 Å². The lowest BCUT2D eigenvalue weighted by Gasteiger charge is -2.34. The Morgan fingerprint density at radius 2 is 1.70 bits per heavy atom. The Morgan fingerprint density at radius 3 is 2.30 bits per heavy atom. The van der Waals surface area contributed by atoms with Crippen LogP contribution in [-0.4, -0.2) is 37.3 Å². The largest absolute Gasteiger partial charge is 0.493 e. The molecular weight excluding hydrogens is 426 g/mol. The van der Waals surface area contributed by atoms with Gasteiger partial charge < -0.3 is 23.9 Å². The van der Waals surface area contributed by atoms with E-state index in [1.54, 1.807) is 21.3 Å². The van der Waals surface area contributed by atoms with Gasteiger partial charge in [0.15, 0.2) is 17.3 Å². The number of anilines is 1. The number of carbonyl (C=O) groups excluding carboxylic acids is 1. The highest BCUT2D eigenvalue weighted by Gasteiger charge is 2.42. The normalized spacial score (nSPS) is 19.6. The molecule has 0 saturated heterocycles. The quantitative estimate of drug-likeness (QED) is 0.542. The summed E-state index contributed by atoms with van der Waals surface area (Å²) in [5, 5.41) is 8.80. The van der Waals surface area contributed by atoms with E-state index >= 15 is 0 Å². The second kappa shape index (κ2) is 7.91. The number of fused-ring (bicyclic) bond motifs is 1. The van der Waals surface area contributed by atoms with E-state index in [4.69, 9.17) is 18.6 Å². The summed E-state index contributed by atoms with van der Waals surface area (Å²) in [7, 11) is 4.69. The lowest BCUT2D eigenvalue weighted by Crippen LogP contribution is -2.31. The first-order valence-corrected chi connectivity index (χ1v) is 10.6. The van der Waals surface area contributed by atoms with Crippen molar-refractivity contribution >= 4 is 11.6 Å². The van der Waals surface area contributed by atoms with Crippen LogP contribution in [-0.2, 0) is 4.79 Å². The molecule has 2 atom stereocenters. The number of aryl methyl sites for hydroxylation is 1. The third kappa shape index (κ3) is 3.31. The van der Waals surface area contributed by atoms with Crippen molar-refractivity contribution in [1.29, 1.82) is 0 Å². The molecule has 0 amide bonds. The van der Waals surface area contributed by atoms with Gasteiger partial charge in [-0.05, 0) is 49.1 Å². The van der Waals surface area contributed by atoms with Crippen LogP contribution in [0, 0.1) is 6.92 Å². The third-order valence-corrected chi connectivity index (χ3v) is 6.38. The van der Waals surface area contributed by atoms with Gasteiger partial charge in [-0.15, -0.1) is 0 Å². The molecule has 2 aromatic heterocycles. The fraction of sp³-hybridized carbons (Fsp3) is 0.333. The summed E-state index contributed by atoms with van der Waals surface area (Å²) >= 11 is 0. The lowest BCUT2D eigenvalue weighted by atomic mass is 9.74. The molecule has 172 valence electrons. The first-order valence-electron chi connectivity index (χ1n) is 10.6. The number of carbonyl (C=O) groups is 1. The molecule has 3 aromatic rings. The number of Topliss-reactive ketones (excluding diaryl/α,β-unsaturated/α-hetero) is 1. The molecule has 3 heterocycles. The molecule has 0 radical (unpaired) electrons. The SMILES string of the molecule is COc1cc([C@H]2CC(=O)C3=C(C2)Nc2[nH][nH]c(=O)c2[C@@H]3c2ccc(C)o2)cc(OC)c1OC. The number of rotatable bonds is 5. The number of methoxy groups -OCH3 is 3. The van der Waals surface area contributed by atoms with Crippen molar-refractivity contribution in [3.8, 4) is 17.2 Å². The van der Waals surface area contributed by atoms with E-state index in [-0.39, 0.29) is 23.7 Å². The van der Waals surface area contributed by atoms with Gasteiger partial charge in [-0.2, -0.15) is 0 Å². The van der Waals surface area contributed by atoms with Crippen molar-refractivity contribution in [3.63, 3.8) is 0 Å². The number of furan rings is 1. The molecule has 0 bridgehead atoms. The summed E-state index contributed by atoms with van der Waals surface area (Å²) in [4.78, 5) is 26.1. The number of aromatic nitrogens is 2. The molecule has 5 rings (SSSR count). The number of ketones is 1. The Kier molecular flexibility index (Phi) is 5.03. The highest BCUT2D eigenvalue weighted by Crippen LogP contribution is 2.48. The Labute approximate surface area is 189 Å². The fourth-order valence-corrected chi connectivity index (χ4v) is 4.89. The Hall–Kier alpha value is -3.88. The van der Waals surface area contributed by atoms with Crippen LogP contribution >= 0.6 is 0 Å². The number of allylic oxidation sites excluding steroid dienone is 2. The Bertz CT molecular complexity index is 1300.